The Labute approximate surface area is 114 Å². The first kappa shape index (κ1) is 13.8. The lowest BCUT2D eigenvalue weighted by atomic mass is 9.85. The second kappa shape index (κ2) is 6.02. The van der Waals surface area contributed by atoms with Gasteiger partial charge in [0.25, 0.3) is 5.91 Å². The van der Waals surface area contributed by atoms with E-state index in [1.54, 1.807) is 18.2 Å². The second-order valence-electron chi connectivity index (χ2n) is 5.30. The molecule has 1 amide bonds. The maximum atomic E-state index is 12.5. The van der Waals surface area contributed by atoms with E-state index >= 15 is 0 Å². The molecule has 0 radical (unpaired) electrons. The first-order valence-electron chi connectivity index (χ1n) is 6.84. The number of carbonyl (C=O) groups excluding carboxylic acids is 1. The number of amides is 1. The summed E-state index contributed by atoms with van der Waals surface area (Å²) in [7, 11) is 1.87. The molecule has 1 fully saturated rings. The van der Waals surface area contributed by atoms with E-state index in [0.717, 1.165) is 6.42 Å². The fourth-order valence-electron chi connectivity index (χ4n) is 2.84. The summed E-state index contributed by atoms with van der Waals surface area (Å²) in [6.07, 6.45) is 4.74. The predicted octanol–water partition coefficient (Wildman–Crippen LogP) is 2.02. The monoisotopic (exact) mass is 262 g/mol. The van der Waals surface area contributed by atoms with Gasteiger partial charge in [-0.25, -0.2) is 10.8 Å². The average molecular weight is 262 g/mol. The zero-order chi connectivity index (χ0) is 13.8. The van der Waals surface area contributed by atoms with Crippen molar-refractivity contribution in [2.45, 2.75) is 38.6 Å². The largest absolute Gasteiger partial charge is 0.337 e. The molecule has 0 bridgehead atoms. The number of hydrazine groups is 1. The van der Waals surface area contributed by atoms with Crippen LogP contribution in [0, 0.1) is 5.92 Å². The number of hydrogen-bond acceptors (Lipinski definition) is 4. The van der Waals surface area contributed by atoms with E-state index < -0.39 is 0 Å². The fourth-order valence-corrected chi connectivity index (χ4v) is 2.84. The van der Waals surface area contributed by atoms with Crippen LogP contribution in [0.15, 0.2) is 18.2 Å². The highest BCUT2D eigenvalue weighted by Crippen LogP contribution is 2.28. The van der Waals surface area contributed by atoms with Gasteiger partial charge in [-0.1, -0.05) is 25.8 Å². The Bertz CT molecular complexity index is 449. The molecule has 0 saturated heterocycles. The molecule has 2 unspecified atom stereocenters. The summed E-state index contributed by atoms with van der Waals surface area (Å²) < 4.78 is 0. The van der Waals surface area contributed by atoms with Crippen molar-refractivity contribution in [3.63, 3.8) is 0 Å². The van der Waals surface area contributed by atoms with Gasteiger partial charge in [-0.05, 0) is 30.9 Å². The minimum Gasteiger partial charge on any atom is -0.337 e. The molecule has 1 saturated carbocycles. The van der Waals surface area contributed by atoms with Gasteiger partial charge in [0.15, 0.2) is 0 Å². The summed E-state index contributed by atoms with van der Waals surface area (Å²) in [6.45, 7) is 2.22. The zero-order valence-electron chi connectivity index (χ0n) is 11.6. The molecule has 1 heterocycles. The fraction of sp³-hybridized carbons (Fsp3) is 0.571. The van der Waals surface area contributed by atoms with E-state index in [1.807, 2.05) is 11.9 Å². The van der Waals surface area contributed by atoms with E-state index in [-0.39, 0.29) is 5.91 Å². The molecule has 1 aromatic heterocycles. The number of aromatic nitrogens is 1. The van der Waals surface area contributed by atoms with Gasteiger partial charge in [-0.15, -0.1) is 0 Å². The SMILES string of the molecule is CC1CCCCC1N(C)C(=O)c1cccc(NN)n1. The van der Waals surface area contributed by atoms with Crippen molar-refractivity contribution in [2.75, 3.05) is 12.5 Å². The zero-order valence-corrected chi connectivity index (χ0v) is 11.6. The number of rotatable bonds is 3. The Kier molecular flexibility index (Phi) is 4.37. The van der Waals surface area contributed by atoms with Crippen LogP contribution in [0.2, 0.25) is 0 Å². The predicted molar refractivity (Wildman–Crippen MR) is 75.6 cm³/mol. The molecule has 0 aliphatic heterocycles. The Morgan fingerprint density at radius 1 is 1.42 bits per heavy atom. The molecule has 1 aromatic rings. The van der Waals surface area contributed by atoms with E-state index in [2.05, 4.69) is 17.3 Å². The van der Waals surface area contributed by atoms with Gasteiger partial charge in [0.2, 0.25) is 0 Å². The molecule has 2 atom stereocenters. The van der Waals surface area contributed by atoms with Gasteiger partial charge in [-0.2, -0.15) is 0 Å². The quantitative estimate of drug-likeness (QED) is 0.646. The molecule has 2 rings (SSSR count). The summed E-state index contributed by atoms with van der Waals surface area (Å²) in [4.78, 5) is 18.5. The summed E-state index contributed by atoms with van der Waals surface area (Å²) >= 11 is 0. The molecule has 104 valence electrons. The highest BCUT2D eigenvalue weighted by Gasteiger charge is 2.28. The van der Waals surface area contributed by atoms with Crippen LogP contribution < -0.4 is 11.3 Å². The van der Waals surface area contributed by atoms with E-state index in [4.69, 9.17) is 5.84 Å². The van der Waals surface area contributed by atoms with Crippen molar-refractivity contribution in [1.29, 1.82) is 0 Å². The molecule has 5 heteroatoms. The number of nitrogen functional groups attached to an aromatic ring is 1. The number of nitrogens with one attached hydrogen (secondary N) is 1. The number of anilines is 1. The number of pyridine rings is 1. The Hall–Kier alpha value is -1.62. The van der Waals surface area contributed by atoms with Crippen LogP contribution in [0.4, 0.5) is 5.82 Å². The molecule has 1 aliphatic carbocycles. The summed E-state index contributed by atoms with van der Waals surface area (Å²) in [5.74, 6) is 6.36. The summed E-state index contributed by atoms with van der Waals surface area (Å²) in [5, 5.41) is 0. The first-order chi connectivity index (χ1) is 9.13. The lowest BCUT2D eigenvalue weighted by Crippen LogP contribution is -2.42. The lowest BCUT2D eigenvalue weighted by molar-refractivity contribution is 0.0623. The van der Waals surface area contributed by atoms with Crippen molar-refractivity contribution in [2.24, 2.45) is 11.8 Å². The van der Waals surface area contributed by atoms with Gasteiger partial charge < -0.3 is 10.3 Å². The van der Waals surface area contributed by atoms with Gasteiger partial charge in [0.05, 0.1) is 0 Å². The van der Waals surface area contributed by atoms with Crippen molar-refractivity contribution < 1.29 is 4.79 Å². The van der Waals surface area contributed by atoms with Crippen molar-refractivity contribution in [3.05, 3.63) is 23.9 Å². The minimum atomic E-state index is -0.0316. The number of carbonyl (C=O) groups is 1. The van der Waals surface area contributed by atoms with Gasteiger partial charge in [0.1, 0.15) is 11.5 Å². The molecule has 5 nitrogen and oxygen atoms in total. The lowest BCUT2D eigenvalue weighted by Gasteiger charge is -2.36. The highest BCUT2D eigenvalue weighted by molar-refractivity contribution is 5.92. The third kappa shape index (κ3) is 3.04. The van der Waals surface area contributed by atoms with Crippen molar-refractivity contribution >= 4 is 11.7 Å². The smallest absolute Gasteiger partial charge is 0.272 e. The molecule has 3 N–H and O–H groups in total. The van der Waals surface area contributed by atoms with Crippen LogP contribution in [0.1, 0.15) is 43.1 Å². The van der Waals surface area contributed by atoms with E-state index in [0.29, 0.717) is 23.5 Å². The number of hydrogen-bond donors (Lipinski definition) is 2. The van der Waals surface area contributed by atoms with Crippen molar-refractivity contribution in [1.82, 2.24) is 9.88 Å². The average Bonchev–Trinajstić information content (AvgIpc) is 2.46. The normalized spacial score (nSPS) is 22.9. The van der Waals surface area contributed by atoms with Gasteiger partial charge in [0, 0.05) is 13.1 Å². The first-order valence-corrected chi connectivity index (χ1v) is 6.84. The van der Waals surface area contributed by atoms with Crippen molar-refractivity contribution in [3.8, 4) is 0 Å². The highest BCUT2D eigenvalue weighted by atomic mass is 16.2. The van der Waals surface area contributed by atoms with Crippen LogP contribution >= 0.6 is 0 Å². The van der Waals surface area contributed by atoms with Crippen LogP contribution in [0.3, 0.4) is 0 Å². The third-order valence-corrected chi connectivity index (χ3v) is 4.00. The maximum Gasteiger partial charge on any atom is 0.272 e. The maximum absolute atomic E-state index is 12.5. The summed E-state index contributed by atoms with van der Waals surface area (Å²) in [6, 6.07) is 5.57. The minimum absolute atomic E-state index is 0.0316. The van der Waals surface area contributed by atoms with Crippen LogP contribution in [0.25, 0.3) is 0 Å². The molecular weight excluding hydrogens is 240 g/mol. The van der Waals surface area contributed by atoms with E-state index in [1.165, 1.54) is 19.3 Å². The molecule has 19 heavy (non-hydrogen) atoms. The van der Waals surface area contributed by atoms with Crippen LogP contribution in [-0.2, 0) is 0 Å². The number of nitrogens with two attached hydrogens (primary N) is 1. The molecule has 0 aromatic carbocycles. The van der Waals surface area contributed by atoms with Crippen LogP contribution in [-0.4, -0.2) is 28.9 Å². The standard InChI is InChI=1S/C14H22N4O/c1-10-6-3-4-8-12(10)18(2)14(19)11-7-5-9-13(16-11)17-15/h5,7,9-10,12H,3-4,6,8,15H2,1-2H3,(H,16,17). The Balaban J connectivity index is 2.13. The van der Waals surface area contributed by atoms with Gasteiger partial charge >= 0.3 is 0 Å². The Morgan fingerprint density at radius 3 is 2.84 bits per heavy atom. The number of nitrogens with zero attached hydrogens (tertiary/aromatic N) is 2. The molecular formula is C14H22N4O. The second-order valence-corrected chi connectivity index (χ2v) is 5.30. The third-order valence-electron chi connectivity index (χ3n) is 4.00. The Morgan fingerprint density at radius 2 is 2.16 bits per heavy atom. The molecule has 1 aliphatic rings. The van der Waals surface area contributed by atoms with E-state index in [9.17, 15) is 4.79 Å². The van der Waals surface area contributed by atoms with Gasteiger partial charge in [-0.3, -0.25) is 4.79 Å². The summed E-state index contributed by atoms with van der Waals surface area (Å²) in [5.41, 5.74) is 2.91. The van der Waals surface area contributed by atoms with Crippen LogP contribution in [0.5, 0.6) is 0 Å². The topological polar surface area (TPSA) is 71.2 Å². The molecule has 0 spiro atoms.